The molecule has 0 aliphatic carbocycles. The quantitative estimate of drug-likeness (QED) is 0.817. The summed E-state index contributed by atoms with van der Waals surface area (Å²) in [6.07, 6.45) is 2.80. The first kappa shape index (κ1) is 16.2. The van der Waals surface area contributed by atoms with Crippen molar-refractivity contribution in [2.45, 2.75) is 38.8 Å². The molecule has 1 fully saturated rings. The van der Waals surface area contributed by atoms with Crippen LogP contribution in [0, 0.1) is 11.6 Å². The zero-order chi connectivity index (χ0) is 15.2. The van der Waals surface area contributed by atoms with Gasteiger partial charge in [0.1, 0.15) is 17.3 Å². The van der Waals surface area contributed by atoms with E-state index in [0.717, 1.165) is 25.8 Å². The van der Waals surface area contributed by atoms with Crippen LogP contribution in [0.15, 0.2) is 12.1 Å². The third-order valence-corrected chi connectivity index (χ3v) is 3.92. The van der Waals surface area contributed by atoms with Gasteiger partial charge in [0.25, 0.3) is 0 Å². The summed E-state index contributed by atoms with van der Waals surface area (Å²) in [5.74, 6) is -0.946. The molecule has 1 heterocycles. The molecule has 0 radical (unpaired) electrons. The molecule has 0 spiro atoms. The molecule has 1 N–H and O–H groups in total. The van der Waals surface area contributed by atoms with Gasteiger partial charge < -0.3 is 15.0 Å². The normalized spacial score (nSPS) is 16.5. The lowest BCUT2D eigenvalue weighted by molar-refractivity contribution is 0.0817. The first-order valence-electron chi connectivity index (χ1n) is 7.62. The van der Waals surface area contributed by atoms with Crippen LogP contribution in [0.2, 0.25) is 0 Å². The highest BCUT2D eigenvalue weighted by molar-refractivity contribution is 5.51. The fourth-order valence-electron chi connectivity index (χ4n) is 2.75. The van der Waals surface area contributed by atoms with Crippen molar-refractivity contribution in [1.29, 1.82) is 0 Å². The smallest absolute Gasteiger partial charge is 0.149 e. The molecule has 0 atom stereocenters. The molecule has 0 bridgehead atoms. The molecular weight excluding hydrogens is 274 g/mol. The van der Waals surface area contributed by atoms with Crippen LogP contribution >= 0.6 is 0 Å². The van der Waals surface area contributed by atoms with Gasteiger partial charge in [-0.25, -0.2) is 8.78 Å². The number of ether oxygens (including phenoxy) is 1. The SMILES string of the molecule is CCCNCc1cc(F)c(N2CCC(OC)CC2)c(F)c1. The van der Waals surface area contributed by atoms with Gasteiger partial charge in [0, 0.05) is 26.7 Å². The average Bonchev–Trinajstić information content (AvgIpc) is 2.47. The molecule has 3 nitrogen and oxygen atoms in total. The Kier molecular flexibility index (Phi) is 5.94. The maximum atomic E-state index is 14.2. The Hall–Kier alpha value is -1.20. The second-order valence-electron chi connectivity index (χ2n) is 5.51. The van der Waals surface area contributed by atoms with Crippen molar-refractivity contribution in [2.24, 2.45) is 0 Å². The van der Waals surface area contributed by atoms with E-state index >= 15 is 0 Å². The fraction of sp³-hybridized carbons (Fsp3) is 0.625. The van der Waals surface area contributed by atoms with E-state index in [-0.39, 0.29) is 11.8 Å². The summed E-state index contributed by atoms with van der Waals surface area (Å²) in [6, 6.07) is 2.87. The van der Waals surface area contributed by atoms with Crippen LogP contribution in [-0.2, 0) is 11.3 Å². The molecule has 0 unspecified atom stereocenters. The number of piperidine rings is 1. The highest BCUT2D eigenvalue weighted by Crippen LogP contribution is 2.28. The zero-order valence-corrected chi connectivity index (χ0v) is 12.8. The Morgan fingerprint density at radius 1 is 1.24 bits per heavy atom. The number of nitrogens with zero attached hydrogens (tertiary/aromatic N) is 1. The van der Waals surface area contributed by atoms with Gasteiger partial charge in [-0.15, -0.1) is 0 Å². The van der Waals surface area contributed by atoms with Gasteiger partial charge in [0.15, 0.2) is 0 Å². The van der Waals surface area contributed by atoms with Crippen LogP contribution in [-0.4, -0.2) is 32.8 Å². The summed E-state index contributed by atoms with van der Waals surface area (Å²) in [5, 5.41) is 3.15. The van der Waals surface area contributed by atoms with Crippen LogP contribution in [0.5, 0.6) is 0 Å². The van der Waals surface area contributed by atoms with Gasteiger partial charge in [-0.3, -0.25) is 0 Å². The number of methoxy groups -OCH3 is 1. The predicted molar refractivity (Wildman–Crippen MR) is 80.6 cm³/mol. The minimum atomic E-state index is -0.473. The van der Waals surface area contributed by atoms with Crippen molar-refractivity contribution in [2.75, 3.05) is 31.6 Å². The van der Waals surface area contributed by atoms with Gasteiger partial charge in [0.2, 0.25) is 0 Å². The van der Waals surface area contributed by atoms with Crippen molar-refractivity contribution in [3.63, 3.8) is 0 Å². The number of anilines is 1. The van der Waals surface area contributed by atoms with Crippen molar-refractivity contribution in [3.05, 3.63) is 29.3 Å². The zero-order valence-electron chi connectivity index (χ0n) is 12.8. The van der Waals surface area contributed by atoms with Crippen LogP contribution < -0.4 is 10.2 Å². The van der Waals surface area contributed by atoms with E-state index in [1.165, 1.54) is 12.1 Å². The lowest BCUT2D eigenvalue weighted by atomic mass is 10.1. The monoisotopic (exact) mass is 298 g/mol. The van der Waals surface area contributed by atoms with Gasteiger partial charge in [-0.1, -0.05) is 6.92 Å². The van der Waals surface area contributed by atoms with Crippen LogP contribution in [0.3, 0.4) is 0 Å². The van der Waals surface area contributed by atoms with Crippen LogP contribution in [0.1, 0.15) is 31.7 Å². The first-order chi connectivity index (χ1) is 10.2. The summed E-state index contributed by atoms with van der Waals surface area (Å²) < 4.78 is 33.8. The Labute approximate surface area is 125 Å². The molecule has 0 aromatic heterocycles. The third-order valence-electron chi connectivity index (χ3n) is 3.92. The molecule has 1 aromatic rings. The maximum absolute atomic E-state index is 14.2. The Bertz CT molecular complexity index is 437. The molecule has 1 aliphatic rings. The minimum Gasteiger partial charge on any atom is -0.381 e. The molecule has 1 aromatic carbocycles. The van der Waals surface area contributed by atoms with Gasteiger partial charge >= 0.3 is 0 Å². The Morgan fingerprint density at radius 2 is 1.86 bits per heavy atom. The van der Waals surface area contributed by atoms with E-state index in [9.17, 15) is 8.78 Å². The van der Waals surface area contributed by atoms with Crippen LogP contribution in [0.25, 0.3) is 0 Å². The molecule has 1 saturated heterocycles. The number of hydrogen-bond donors (Lipinski definition) is 1. The fourth-order valence-corrected chi connectivity index (χ4v) is 2.75. The molecular formula is C16H24F2N2O. The molecule has 5 heteroatoms. The largest absolute Gasteiger partial charge is 0.381 e. The van der Waals surface area contributed by atoms with E-state index in [0.29, 0.717) is 25.2 Å². The summed E-state index contributed by atoms with van der Waals surface area (Å²) >= 11 is 0. The van der Waals surface area contributed by atoms with Crippen molar-refractivity contribution < 1.29 is 13.5 Å². The third kappa shape index (κ3) is 4.14. The van der Waals surface area contributed by atoms with Gasteiger partial charge in [-0.05, 0) is 43.5 Å². The number of rotatable bonds is 6. The molecule has 21 heavy (non-hydrogen) atoms. The Balaban J connectivity index is 2.06. The molecule has 0 saturated carbocycles. The lowest BCUT2D eigenvalue weighted by Crippen LogP contribution is -2.37. The van der Waals surface area contributed by atoms with Gasteiger partial charge in [0.05, 0.1) is 6.10 Å². The minimum absolute atomic E-state index is 0.101. The first-order valence-corrected chi connectivity index (χ1v) is 7.62. The summed E-state index contributed by atoms with van der Waals surface area (Å²) in [6.45, 7) is 4.64. The number of hydrogen-bond acceptors (Lipinski definition) is 3. The summed E-state index contributed by atoms with van der Waals surface area (Å²) in [7, 11) is 1.68. The average molecular weight is 298 g/mol. The highest BCUT2D eigenvalue weighted by atomic mass is 19.1. The number of nitrogens with one attached hydrogen (secondary N) is 1. The number of halogens is 2. The predicted octanol–water partition coefficient (Wildman–Crippen LogP) is 3.08. The standard InChI is InChI=1S/C16H24F2N2O/c1-3-6-19-11-12-9-14(17)16(15(18)10-12)20-7-4-13(21-2)5-8-20/h9-10,13,19H,3-8,11H2,1-2H3. The molecule has 2 rings (SSSR count). The molecule has 1 aliphatic heterocycles. The van der Waals surface area contributed by atoms with E-state index < -0.39 is 11.6 Å². The topological polar surface area (TPSA) is 24.5 Å². The maximum Gasteiger partial charge on any atom is 0.149 e. The van der Waals surface area contributed by atoms with E-state index in [4.69, 9.17) is 4.74 Å². The van der Waals surface area contributed by atoms with E-state index in [1.807, 2.05) is 0 Å². The summed E-state index contributed by atoms with van der Waals surface area (Å²) in [4.78, 5) is 1.78. The van der Waals surface area contributed by atoms with E-state index in [1.54, 1.807) is 12.0 Å². The molecule has 118 valence electrons. The van der Waals surface area contributed by atoms with Crippen molar-refractivity contribution in [1.82, 2.24) is 5.32 Å². The van der Waals surface area contributed by atoms with E-state index in [2.05, 4.69) is 12.2 Å². The second-order valence-corrected chi connectivity index (χ2v) is 5.51. The van der Waals surface area contributed by atoms with Crippen LogP contribution in [0.4, 0.5) is 14.5 Å². The van der Waals surface area contributed by atoms with Crippen molar-refractivity contribution >= 4 is 5.69 Å². The second kappa shape index (κ2) is 7.71. The lowest BCUT2D eigenvalue weighted by Gasteiger charge is -2.33. The van der Waals surface area contributed by atoms with Gasteiger partial charge in [-0.2, -0.15) is 0 Å². The highest BCUT2D eigenvalue weighted by Gasteiger charge is 2.24. The molecule has 0 amide bonds. The Morgan fingerprint density at radius 3 is 2.38 bits per heavy atom. The summed E-state index contributed by atoms with van der Waals surface area (Å²) in [5.41, 5.74) is 0.748. The van der Waals surface area contributed by atoms with Crippen molar-refractivity contribution in [3.8, 4) is 0 Å². The number of benzene rings is 1.